The van der Waals surface area contributed by atoms with E-state index in [1.807, 2.05) is 30.3 Å². The third-order valence-electron chi connectivity index (χ3n) is 4.14. The van der Waals surface area contributed by atoms with Gasteiger partial charge >= 0.3 is 6.01 Å². The number of nitrogens with zero attached hydrogens (tertiary/aromatic N) is 2. The Labute approximate surface area is 176 Å². The highest BCUT2D eigenvalue weighted by molar-refractivity contribution is 6.31. The summed E-state index contributed by atoms with van der Waals surface area (Å²) in [6.45, 7) is 0. The average Bonchev–Trinajstić information content (AvgIpc) is 3.23. The molecule has 148 valence electrons. The third-order valence-corrected chi connectivity index (χ3v) is 4.37. The summed E-state index contributed by atoms with van der Waals surface area (Å²) in [6.07, 6.45) is 0. The average molecular weight is 419 g/mol. The van der Waals surface area contributed by atoms with Crippen LogP contribution in [0.25, 0.3) is 11.5 Å². The first-order valence-electron chi connectivity index (χ1n) is 8.96. The van der Waals surface area contributed by atoms with E-state index in [1.165, 1.54) is 0 Å². The van der Waals surface area contributed by atoms with Gasteiger partial charge in [-0.25, -0.2) is 0 Å². The molecule has 3 aromatic carbocycles. The van der Waals surface area contributed by atoms with Crippen molar-refractivity contribution in [3.8, 4) is 11.5 Å². The molecular formula is C22H15ClN4O3. The first kappa shape index (κ1) is 19.4. The number of anilines is 2. The Balaban J connectivity index is 1.45. The molecule has 0 radical (unpaired) electrons. The quantitative estimate of drug-likeness (QED) is 0.480. The summed E-state index contributed by atoms with van der Waals surface area (Å²) in [5, 5.41) is 13.5. The van der Waals surface area contributed by atoms with Crippen molar-refractivity contribution in [3.63, 3.8) is 0 Å². The van der Waals surface area contributed by atoms with Gasteiger partial charge in [0.15, 0.2) is 0 Å². The molecule has 7 nitrogen and oxygen atoms in total. The van der Waals surface area contributed by atoms with E-state index in [-0.39, 0.29) is 11.9 Å². The second-order valence-corrected chi connectivity index (χ2v) is 6.71. The Morgan fingerprint density at radius 1 is 0.767 bits per heavy atom. The van der Waals surface area contributed by atoms with Crippen molar-refractivity contribution in [1.29, 1.82) is 0 Å². The van der Waals surface area contributed by atoms with Crippen molar-refractivity contribution in [1.82, 2.24) is 10.2 Å². The Kier molecular flexibility index (Phi) is 5.54. The number of carbonyl (C=O) groups excluding carboxylic acids is 2. The van der Waals surface area contributed by atoms with E-state index in [0.29, 0.717) is 27.7 Å². The first-order chi connectivity index (χ1) is 14.6. The highest BCUT2D eigenvalue weighted by Crippen LogP contribution is 2.20. The summed E-state index contributed by atoms with van der Waals surface area (Å²) in [7, 11) is 0. The predicted molar refractivity (Wildman–Crippen MR) is 114 cm³/mol. The Hall–Kier alpha value is -3.97. The fourth-order valence-electron chi connectivity index (χ4n) is 2.71. The maximum atomic E-state index is 12.5. The molecule has 0 aliphatic rings. The maximum absolute atomic E-state index is 12.5. The van der Waals surface area contributed by atoms with E-state index in [1.54, 1.807) is 48.5 Å². The van der Waals surface area contributed by atoms with Gasteiger partial charge in [-0.05, 0) is 48.5 Å². The maximum Gasteiger partial charge on any atom is 0.322 e. The molecule has 1 heterocycles. The lowest BCUT2D eigenvalue weighted by Gasteiger charge is -2.07. The van der Waals surface area contributed by atoms with Crippen molar-refractivity contribution >= 4 is 35.1 Å². The second-order valence-electron chi connectivity index (χ2n) is 6.28. The minimum atomic E-state index is -0.447. The van der Waals surface area contributed by atoms with Gasteiger partial charge in [-0.3, -0.25) is 14.9 Å². The van der Waals surface area contributed by atoms with E-state index in [9.17, 15) is 9.59 Å². The van der Waals surface area contributed by atoms with Crippen LogP contribution in [0.4, 0.5) is 11.7 Å². The van der Waals surface area contributed by atoms with Gasteiger partial charge < -0.3 is 9.73 Å². The fraction of sp³-hybridized carbons (Fsp3) is 0. The van der Waals surface area contributed by atoms with E-state index in [2.05, 4.69) is 20.8 Å². The molecule has 30 heavy (non-hydrogen) atoms. The molecule has 0 bridgehead atoms. The largest absolute Gasteiger partial charge is 0.403 e. The molecule has 8 heteroatoms. The highest BCUT2D eigenvalue weighted by atomic mass is 35.5. The lowest BCUT2D eigenvalue weighted by molar-refractivity contribution is 0.101. The molecule has 2 amide bonds. The minimum Gasteiger partial charge on any atom is -0.403 e. The van der Waals surface area contributed by atoms with Crippen LogP contribution < -0.4 is 10.6 Å². The van der Waals surface area contributed by atoms with Crippen molar-refractivity contribution in [2.75, 3.05) is 10.6 Å². The van der Waals surface area contributed by atoms with Gasteiger partial charge in [-0.2, -0.15) is 0 Å². The zero-order valence-corrected chi connectivity index (χ0v) is 16.3. The lowest BCUT2D eigenvalue weighted by Crippen LogP contribution is -2.14. The summed E-state index contributed by atoms with van der Waals surface area (Å²) < 4.78 is 5.49. The normalized spacial score (nSPS) is 10.4. The number of carbonyl (C=O) groups is 2. The van der Waals surface area contributed by atoms with E-state index in [4.69, 9.17) is 16.0 Å². The van der Waals surface area contributed by atoms with E-state index < -0.39 is 5.91 Å². The SMILES string of the molecule is O=C(Nc1cccc(C(=O)Nc2nnc(-c3ccccc3)o2)c1)c1cccc(Cl)c1. The van der Waals surface area contributed by atoms with Crippen LogP contribution in [0.5, 0.6) is 0 Å². The fourth-order valence-corrected chi connectivity index (χ4v) is 2.90. The van der Waals surface area contributed by atoms with Gasteiger partial charge in [0.25, 0.3) is 11.8 Å². The number of aromatic nitrogens is 2. The highest BCUT2D eigenvalue weighted by Gasteiger charge is 2.14. The van der Waals surface area contributed by atoms with Crippen LogP contribution in [0.15, 0.2) is 83.3 Å². The van der Waals surface area contributed by atoms with Gasteiger partial charge in [0.05, 0.1) is 0 Å². The lowest BCUT2D eigenvalue weighted by atomic mass is 10.1. The van der Waals surface area contributed by atoms with Crippen LogP contribution in [-0.2, 0) is 0 Å². The molecular weight excluding hydrogens is 404 g/mol. The van der Waals surface area contributed by atoms with Crippen molar-refractivity contribution < 1.29 is 14.0 Å². The zero-order valence-electron chi connectivity index (χ0n) is 15.5. The van der Waals surface area contributed by atoms with Crippen molar-refractivity contribution in [2.45, 2.75) is 0 Å². The number of benzene rings is 3. The van der Waals surface area contributed by atoms with Crippen LogP contribution in [0, 0.1) is 0 Å². The van der Waals surface area contributed by atoms with E-state index >= 15 is 0 Å². The smallest absolute Gasteiger partial charge is 0.322 e. The van der Waals surface area contributed by atoms with Gasteiger partial charge in [0, 0.05) is 27.4 Å². The summed E-state index contributed by atoms with van der Waals surface area (Å²) in [6, 6.07) is 22.3. The molecule has 0 unspecified atom stereocenters. The molecule has 0 aliphatic carbocycles. The first-order valence-corrected chi connectivity index (χ1v) is 9.33. The number of hydrogen-bond donors (Lipinski definition) is 2. The molecule has 0 aliphatic heterocycles. The number of amides is 2. The number of hydrogen-bond acceptors (Lipinski definition) is 5. The van der Waals surface area contributed by atoms with Crippen LogP contribution in [0.1, 0.15) is 20.7 Å². The van der Waals surface area contributed by atoms with Gasteiger partial charge in [-0.15, -0.1) is 5.10 Å². The molecule has 0 saturated heterocycles. The summed E-state index contributed by atoms with van der Waals surface area (Å²) in [4.78, 5) is 24.9. The Morgan fingerprint density at radius 2 is 1.47 bits per heavy atom. The van der Waals surface area contributed by atoms with Crippen LogP contribution in [0.2, 0.25) is 5.02 Å². The molecule has 4 aromatic rings. The zero-order chi connectivity index (χ0) is 20.9. The number of nitrogens with one attached hydrogen (secondary N) is 2. The standard InChI is InChI=1S/C22H15ClN4O3/c23-17-10-4-8-15(12-17)19(28)24-18-11-5-9-16(13-18)20(29)25-22-27-26-21(30-22)14-6-2-1-3-7-14/h1-13H,(H,24,28)(H,25,27,29). The molecule has 0 fully saturated rings. The predicted octanol–water partition coefficient (Wildman–Crippen LogP) is 4.89. The molecule has 0 spiro atoms. The van der Waals surface area contributed by atoms with Crippen molar-refractivity contribution in [3.05, 3.63) is 95.0 Å². The Bertz CT molecular complexity index is 1210. The monoisotopic (exact) mass is 418 g/mol. The van der Waals surface area contributed by atoms with Crippen LogP contribution >= 0.6 is 11.6 Å². The minimum absolute atomic E-state index is 0.0211. The third kappa shape index (κ3) is 4.53. The summed E-state index contributed by atoms with van der Waals surface area (Å²) in [5.41, 5.74) is 1.94. The molecule has 0 atom stereocenters. The molecule has 4 rings (SSSR count). The Morgan fingerprint density at radius 3 is 2.23 bits per heavy atom. The van der Waals surface area contributed by atoms with Gasteiger partial charge in [-0.1, -0.05) is 47.0 Å². The number of rotatable bonds is 5. The molecule has 0 saturated carbocycles. The van der Waals surface area contributed by atoms with Gasteiger partial charge in [0.2, 0.25) is 5.89 Å². The molecule has 1 aromatic heterocycles. The number of halogens is 1. The summed E-state index contributed by atoms with van der Waals surface area (Å²) in [5.74, 6) is -0.481. The van der Waals surface area contributed by atoms with E-state index in [0.717, 1.165) is 5.56 Å². The summed E-state index contributed by atoms with van der Waals surface area (Å²) >= 11 is 5.92. The van der Waals surface area contributed by atoms with Crippen LogP contribution in [-0.4, -0.2) is 22.0 Å². The second kappa shape index (κ2) is 8.59. The van der Waals surface area contributed by atoms with Gasteiger partial charge in [0.1, 0.15) is 0 Å². The van der Waals surface area contributed by atoms with Crippen molar-refractivity contribution in [2.24, 2.45) is 0 Å². The molecule has 2 N–H and O–H groups in total. The van der Waals surface area contributed by atoms with Crippen LogP contribution in [0.3, 0.4) is 0 Å². The topological polar surface area (TPSA) is 97.1 Å².